The molecule has 41 heavy (non-hydrogen) atoms. The van der Waals surface area contributed by atoms with Crippen molar-refractivity contribution in [2.45, 2.75) is 17.8 Å². The van der Waals surface area contributed by atoms with E-state index < -0.39 is 40.8 Å². The third-order valence-corrected chi connectivity index (χ3v) is 6.08. The Morgan fingerprint density at radius 1 is 0.512 bits per heavy atom. The van der Waals surface area contributed by atoms with Crippen LogP contribution in [0.25, 0.3) is 0 Å². The number of aromatic carboxylic acids is 2. The van der Waals surface area contributed by atoms with Crippen LogP contribution in [0.3, 0.4) is 0 Å². The number of ether oxygens (including phenoxy) is 2. The van der Waals surface area contributed by atoms with Crippen molar-refractivity contribution in [1.29, 1.82) is 0 Å². The lowest BCUT2D eigenvalue weighted by Gasteiger charge is -2.38. The first kappa shape index (κ1) is 29.0. The third kappa shape index (κ3) is 5.81. The molecule has 212 valence electrons. The van der Waals surface area contributed by atoms with Gasteiger partial charge in [0.05, 0.1) is 11.1 Å². The molecular formula is C29H18F6O6. The lowest BCUT2D eigenvalue weighted by Crippen LogP contribution is -2.54. The zero-order chi connectivity index (χ0) is 30.0. The van der Waals surface area contributed by atoms with Gasteiger partial charge in [0.1, 0.15) is 23.0 Å². The molecule has 0 radical (unpaired) electrons. The largest absolute Gasteiger partial charge is 0.478 e. The van der Waals surface area contributed by atoms with Gasteiger partial charge in [-0.05, 0) is 77.9 Å². The Bertz CT molecular complexity index is 1530. The van der Waals surface area contributed by atoms with E-state index in [1.54, 1.807) is 0 Å². The van der Waals surface area contributed by atoms with Crippen molar-refractivity contribution in [2.75, 3.05) is 0 Å². The minimum Gasteiger partial charge on any atom is -0.478 e. The molecule has 4 aromatic rings. The van der Waals surface area contributed by atoms with Gasteiger partial charge in [0.25, 0.3) is 0 Å². The number of hydrogen-bond acceptors (Lipinski definition) is 4. The van der Waals surface area contributed by atoms with E-state index in [2.05, 4.69) is 0 Å². The van der Waals surface area contributed by atoms with Crippen LogP contribution in [0.2, 0.25) is 0 Å². The molecule has 0 aromatic heterocycles. The van der Waals surface area contributed by atoms with E-state index in [-0.39, 0.29) is 34.1 Å². The van der Waals surface area contributed by atoms with E-state index in [1.807, 2.05) is 0 Å². The molecule has 6 nitrogen and oxygen atoms in total. The highest BCUT2D eigenvalue weighted by molar-refractivity contribution is 5.88. The van der Waals surface area contributed by atoms with Gasteiger partial charge in [-0.1, -0.05) is 30.3 Å². The first-order valence-electron chi connectivity index (χ1n) is 11.6. The van der Waals surface area contributed by atoms with Crippen LogP contribution < -0.4 is 9.47 Å². The fraction of sp³-hybridized carbons (Fsp3) is 0.103. The van der Waals surface area contributed by atoms with Crippen molar-refractivity contribution in [3.05, 3.63) is 119 Å². The van der Waals surface area contributed by atoms with Crippen LogP contribution in [-0.4, -0.2) is 34.5 Å². The molecule has 0 aliphatic carbocycles. The summed E-state index contributed by atoms with van der Waals surface area (Å²) in [6.45, 7) is 0. The van der Waals surface area contributed by atoms with E-state index in [4.69, 9.17) is 19.7 Å². The van der Waals surface area contributed by atoms with Gasteiger partial charge in [-0.3, -0.25) is 0 Å². The lowest BCUT2D eigenvalue weighted by molar-refractivity contribution is -0.288. The third-order valence-electron chi connectivity index (χ3n) is 6.08. The van der Waals surface area contributed by atoms with Gasteiger partial charge in [-0.15, -0.1) is 0 Å². The molecule has 4 aromatic carbocycles. The van der Waals surface area contributed by atoms with Crippen molar-refractivity contribution in [3.8, 4) is 23.0 Å². The maximum Gasteiger partial charge on any atom is 0.411 e. The molecule has 0 aliphatic rings. The maximum atomic E-state index is 14.5. The predicted molar refractivity (Wildman–Crippen MR) is 133 cm³/mol. The van der Waals surface area contributed by atoms with Crippen LogP contribution in [0.15, 0.2) is 97.1 Å². The summed E-state index contributed by atoms with van der Waals surface area (Å²) in [5.41, 5.74) is -6.82. The summed E-state index contributed by atoms with van der Waals surface area (Å²) >= 11 is 0. The first-order chi connectivity index (χ1) is 19.2. The van der Waals surface area contributed by atoms with E-state index in [0.717, 1.165) is 30.3 Å². The monoisotopic (exact) mass is 576 g/mol. The van der Waals surface area contributed by atoms with Crippen molar-refractivity contribution in [2.24, 2.45) is 0 Å². The van der Waals surface area contributed by atoms with Gasteiger partial charge in [-0.25, -0.2) is 9.59 Å². The van der Waals surface area contributed by atoms with Gasteiger partial charge < -0.3 is 19.7 Å². The lowest BCUT2D eigenvalue weighted by atomic mass is 9.73. The smallest absolute Gasteiger partial charge is 0.411 e. The summed E-state index contributed by atoms with van der Waals surface area (Å²) in [5.74, 6) is -2.51. The predicted octanol–water partition coefficient (Wildman–Crippen LogP) is 8.08. The number of carboxylic acids is 2. The van der Waals surface area contributed by atoms with Crippen LogP contribution in [0.4, 0.5) is 26.3 Å². The second kappa shape index (κ2) is 10.9. The molecule has 0 spiro atoms. The number of benzene rings is 4. The molecule has 0 saturated carbocycles. The van der Waals surface area contributed by atoms with Crippen molar-refractivity contribution >= 4 is 11.9 Å². The summed E-state index contributed by atoms with van der Waals surface area (Å²) in [4.78, 5) is 22.1. The Hall–Kier alpha value is -5.00. The Morgan fingerprint density at radius 3 is 1.29 bits per heavy atom. The Morgan fingerprint density at radius 2 is 0.902 bits per heavy atom. The molecular weight excluding hydrogens is 558 g/mol. The minimum atomic E-state index is -5.82. The Labute approximate surface area is 228 Å². The number of carboxylic acid groups (broad SMARTS) is 2. The minimum absolute atomic E-state index is 0.0174. The SMILES string of the molecule is O=C(O)c1ccc(Oc2ccc(C(c3ccc(Oc4cccc(C(=O)O)c4)cc3)(C(F)(F)F)C(F)(F)F)cc2)cc1. The molecule has 0 amide bonds. The van der Waals surface area contributed by atoms with E-state index in [0.29, 0.717) is 24.3 Å². The topological polar surface area (TPSA) is 93.1 Å². The Kier molecular flexibility index (Phi) is 7.69. The molecule has 0 aliphatic heterocycles. The second-order valence-corrected chi connectivity index (χ2v) is 8.66. The molecule has 4 rings (SSSR count). The number of rotatable bonds is 8. The first-order valence-corrected chi connectivity index (χ1v) is 11.6. The van der Waals surface area contributed by atoms with Crippen LogP contribution in [0.1, 0.15) is 31.8 Å². The molecule has 0 saturated heterocycles. The van der Waals surface area contributed by atoms with Gasteiger partial charge >= 0.3 is 24.3 Å². The summed E-state index contributed by atoms with van der Waals surface area (Å²) in [6, 6.07) is 16.5. The van der Waals surface area contributed by atoms with Crippen molar-refractivity contribution < 1.29 is 55.6 Å². The zero-order valence-electron chi connectivity index (χ0n) is 20.5. The maximum absolute atomic E-state index is 14.5. The summed E-state index contributed by atoms with van der Waals surface area (Å²) in [5, 5.41) is 18.0. The van der Waals surface area contributed by atoms with Crippen LogP contribution >= 0.6 is 0 Å². The average Bonchev–Trinajstić information content (AvgIpc) is 2.90. The number of hydrogen-bond donors (Lipinski definition) is 2. The van der Waals surface area contributed by atoms with Crippen LogP contribution in [-0.2, 0) is 5.41 Å². The summed E-state index contributed by atoms with van der Waals surface area (Å²) < 4.78 is 97.7. The second-order valence-electron chi connectivity index (χ2n) is 8.66. The van der Waals surface area contributed by atoms with Crippen LogP contribution in [0.5, 0.6) is 23.0 Å². The van der Waals surface area contributed by atoms with Crippen LogP contribution in [0, 0.1) is 0 Å². The summed E-state index contributed by atoms with van der Waals surface area (Å²) in [7, 11) is 0. The molecule has 12 heteroatoms. The Balaban J connectivity index is 1.69. The van der Waals surface area contributed by atoms with Gasteiger partial charge in [0, 0.05) is 0 Å². The number of alkyl halides is 6. The normalized spacial score (nSPS) is 12.0. The fourth-order valence-electron chi connectivity index (χ4n) is 4.16. The van der Waals surface area contributed by atoms with E-state index in [1.165, 1.54) is 42.5 Å². The fourth-order valence-corrected chi connectivity index (χ4v) is 4.16. The molecule has 0 fully saturated rings. The average molecular weight is 576 g/mol. The molecule has 0 heterocycles. The quantitative estimate of drug-likeness (QED) is 0.206. The molecule has 0 unspecified atom stereocenters. The van der Waals surface area contributed by atoms with Gasteiger partial charge in [0.2, 0.25) is 5.41 Å². The highest BCUT2D eigenvalue weighted by Gasteiger charge is 2.72. The molecule has 0 bridgehead atoms. The highest BCUT2D eigenvalue weighted by Crippen LogP contribution is 2.56. The van der Waals surface area contributed by atoms with E-state index in [9.17, 15) is 35.9 Å². The van der Waals surface area contributed by atoms with Gasteiger partial charge in [0.15, 0.2) is 0 Å². The molecule has 0 atom stereocenters. The number of halogens is 6. The standard InChI is InChI=1S/C29H18F6O6/c30-28(31,32)27(29(33,34)35,19-6-12-22(13-7-19)40-21-10-4-17(5-11-21)25(36)37)20-8-14-23(15-9-20)41-24-3-1-2-18(16-24)26(38)39/h1-16H,(H,36,37)(H,38,39). The van der Waals surface area contributed by atoms with Gasteiger partial charge in [-0.2, -0.15) is 26.3 Å². The highest BCUT2D eigenvalue weighted by atomic mass is 19.4. The van der Waals surface area contributed by atoms with E-state index >= 15 is 0 Å². The van der Waals surface area contributed by atoms with Crippen molar-refractivity contribution in [1.82, 2.24) is 0 Å². The zero-order valence-corrected chi connectivity index (χ0v) is 20.5. The summed E-state index contributed by atoms with van der Waals surface area (Å²) in [6.07, 6.45) is -11.6. The van der Waals surface area contributed by atoms with Crippen molar-refractivity contribution in [3.63, 3.8) is 0 Å². The number of carbonyl (C=O) groups is 2. The molecule has 2 N–H and O–H groups in total.